The van der Waals surface area contributed by atoms with Gasteiger partial charge in [0.25, 0.3) is 0 Å². The van der Waals surface area contributed by atoms with Gasteiger partial charge in [0.2, 0.25) is 5.91 Å². The first-order valence-electron chi connectivity index (χ1n) is 7.23. The van der Waals surface area contributed by atoms with Gasteiger partial charge in [-0.1, -0.05) is 0 Å². The molecule has 0 fully saturated rings. The quantitative estimate of drug-likeness (QED) is 0.864. The summed E-state index contributed by atoms with van der Waals surface area (Å²) in [6.07, 6.45) is 4.85. The maximum absolute atomic E-state index is 11.9. The normalized spacial score (nSPS) is 14.3. The van der Waals surface area contributed by atoms with Gasteiger partial charge in [-0.3, -0.25) is 14.5 Å². The first-order chi connectivity index (χ1) is 10.3. The number of carbonyl (C=O) groups excluding carboxylic acids is 1. The Morgan fingerprint density at radius 3 is 3.10 bits per heavy atom. The van der Waals surface area contributed by atoms with Crippen LogP contribution in [0.1, 0.15) is 23.4 Å². The molecule has 6 nitrogen and oxygen atoms in total. The molecule has 1 aliphatic rings. The van der Waals surface area contributed by atoms with Gasteiger partial charge < -0.3 is 10.6 Å². The lowest BCUT2D eigenvalue weighted by Gasteiger charge is -2.03. The molecular weight excluding hydrogens is 266 g/mol. The van der Waals surface area contributed by atoms with E-state index in [4.69, 9.17) is 0 Å². The molecule has 110 valence electrons. The molecular formula is C15H19N5O. The Morgan fingerprint density at radius 1 is 1.38 bits per heavy atom. The molecule has 6 heteroatoms. The first kappa shape index (κ1) is 13.8. The minimum atomic E-state index is 0.00233. The highest BCUT2D eigenvalue weighted by Gasteiger charge is 2.11. The van der Waals surface area contributed by atoms with E-state index in [1.54, 1.807) is 12.4 Å². The van der Waals surface area contributed by atoms with Gasteiger partial charge in [-0.2, -0.15) is 5.10 Å². The summed E-state index contributed by atoms with van der Waals surface area (Å²) in [5, 5.41) is 10.8. The Balaban J connectivity index is 1.54. The second-order valence-corrected chi connectivity index (χ2v) is 5.19. The van der Waals surface area contributed by atoms with E-state index in [1.165, 1.54) is 5.69 Å². The molecule has 1 amide bonds. The highest BCUT2D eigenvalue weighted by molar-refractivity contribution is 5.78. The van der Waals surface area contributed by atoms with E-state index >= 15 is 0 Å². The summed E-state index contributed by atoms with van der Waals surface area (Å²) >= 11 is 0. The molecule has 0 aliphatic carbocycles. The predicted molar refractivity (Wildman–Crippen MR) is 78.3 cm³/mol. The lowest BCUT2D eigenvalue weighted by atomic mass is 10.2. The number of hydrogen-bond acceptors (Lipinski definition) is 4. The maximum atomic E-state index is 11.9. The van der Waals surface area contributed by atoms with Crippen LogP contribution in [0.15, 0.2) is 30.6 Å². The Bertz CT molecular complexity index is 584. The molecule has 0 aromatic carbocycles. The van der Waals surface area contributed by atoms with Crippen molar-refractivity contribution in [3.05, 3.63) is 47.5 Å². The van der Waals surface area contributed by atoms with Crippen LogP contribution in [-0.4, -0.2) is 27.2 Å². The maximum Gasteiger partial charge on any atom is 0.224 e. The van der Waals surface area contributed by atoms with Gasteiger partial charge in [0.05, 0.1) is 24.4 Å². The number of aryl methyl sites for hydroxylation is 1. The molecule has 0 saturated heterocycles. The van der Waals surface area contributed by atoms with Crippen molar-refractivity contribution in [3.8, 4) is 0 Å². The van der Waals surface area contributed by atoms with Gasteiger partial charge >= 0.3 is 0 Å². The summed E-state index contributed by atoms with van der Waals surface area (Å²) in [5.74, 6) is 0.00233. The molecule has 0 spiro atoms. The van der Waals surface area contributed by atoms with Crippen LogP contribution < -0.4 is 10.6 Å². The van der Waals surface area contributed by atoms with E-state index in [9.17, 15) is 4.79 Å². The molecule has 2 N–H and O–H groups in total. The Kier molecular flexibility index (Phi) is 4.25. The lowest BCUT2D eigenvalue weighted by Crippen LogP contribution is -2.24. The van der Waals surface area contributed by atoms with Gasteiger partial charge in [0.15, 0.2) is 0 Å². The number of nitrogens with zero attached hydrogens (tertiary/aromatic N) is 3. The van der Waals surface area contributed by atoms with E-state index in [0.29, 0.717) is 13.0 Å². The summed E-state index contributed by atoms with van der Waals surface area (Å²) in [6.45, 7) is 3.29. The van der Waals surface area contributed by atoms with Crippen molar-refractivity contribution in [3.63, 3.8) is 0 Å². The lowest BCUT2D eigenvalue weighted by molar-refractivity contribution is -0.120. The minimum absolute atomic E-state index is 0.00233. The molecule has 3 heterocycles. The molecule has 21 heavy (non-hydrogen) atoms. The van der Waals surface area contributed by atoms with Crippen LogP contribution in [0.4, 0.5) is 0 Å². The van der Waals surface area contributed by atoms with E-state index in [1.807, 2.05) is 16.8 Å². The number of hydrogen-bond donors (Lipinski definition) is 2. The van der Waals surface area contributed by atoms with Crippen molar-refractivity contribution in [1.29, 1.82) is 0 Å². The van der Waals surface area contributed by atoms with E-state index in [-0.39, 0.29) is 5.91 Å². The van der Waals surface area contributed by atoms with Crippen LogP contribution >= 0.6 is 0 Å². The van der Waals surface area contributed by atoms with Crippen molar-refractivity contribution in [2.45, 2.75) is 32.5 Å². The molecule has 1 aliphatic heterocycles. The summed E-state index contributed by atoms with van der Waals surface area (Å²) in [7, 11) is 0. The van der Waals surface area contributed by atoms with Gasteiger partial charge in [-0.15, -0.1) is 0 Å². The summed E-state index contributed by atoms with van der Waals surface area (Å²) < 4.78 is 2.03. The average molecular weight is 285 g/mol. The summed E-state index contributed by atoms with van der Waals surface area (Å²) in [4.78, 5) is 15.8. The van der Waals surface area contributed by atoms with Gasteiger partial charge in [-0.25, -0.2) is 0 Å². The number of amides is 1. The van der Waals surface area contributed by atoms with Crippen molar-refractivity contribution in [1.82, 2.24) is 25.4 Å². The van der Waals surface area contributed by atoms with Crippen LogP contribution in [0.3, 0.4) is 0 Å². The summed E-state index contributed by atoms with van der Waals surface area (Å²) in [5.41, 5.74) is 3.06. The fourth-order valence-corrected chi connectivity index (χ4v) is 2.45. The molecule has 0 bridgehead atoms. The molecule has 2 aromatic rings. The number of pyridine rings is 1. The standard InChI is InChI=1S/C15H19N5O/c21-15(8-12-2-5-16-6-3-12)18-10-13-9-14-11-17-4-1-7-20(14)19-13/h2-3,5-6,9,17H,1,4,7-8,10-11H2,(H,18,21). The van der Waals surface area contributed by atoms with Gasteiger partial charge in [0, 0.05) is 25.5 Å². The highest BCUT2D eigenvalue weighted by atomic mass is 16.1. The Morgan fingerprint density at radius 2 is 2.24 bits per heavy atom. The molecule has 0 atom stereocenters. The monoisotopic (exact) mass is 285 g/mol. The molecule has 2 aromatic heterocycles. The highest BCUT2D eigenvalue weighted by Crippen LogP contribution is 2.08. The van der Waals surface area contributed by atoms with Crippen molar-refractivity contribution in [2.24, 2.45) is 0 Å². The topological polar surface area (TPSA) is 71.8 Å². The van der Waals surface area contributed by atoms with E-state index in [2.05, 4.69) is 26.8 Å². The number of aromatic nitrogens is 3. The largest absolute Gasteiger partial charge is 0.350 e. The van der Waals surface area contributed by atoms with Gasteiger partial charge in [-0.05, 0) is 36.7 Å². The zero-order chi connectivity index (χ0) is 14.5. The average Bonchev–Trinajstić information content (AvgIpc) is 2.76. The second kappa shape index (κ2) is 6.49. The first-order valence-corrected chi connectivity index (χ1v) is 7.23. The van der Waals surface area contributed by atoms with Crippen LogP contribution in [0, 0.1) is 0 Å². The van der Waals surface area contributed by atoms with E-state index in [0.717, 1.165) is 37.3 Å². The number of fused-ring (bicyclic) bond motifs is 1. The molecule has 0 saturated carbocycles. The third-order valence-electron chi connectivity index (χ3n) is 3.52. The summed E-state index contributed by atoms with van der Waals surface area (Å²) in [6, 6.07) is 5.76. The van der Waals surface area contributed by atoms with Crippen LogP contribution in [-0.2, 0) is 30.8 Å². The molecule has 0 unspecified atom stereocenters. The molecule has 0 radical (unpaired) electrons. The zero-order valence-corrected chi connectivity index (χ0v) is 11.9. The number of carbonyl (C=O) groups is 1. The third-order valence-corrected chi connectivity index (χ3v) is 3.52. The van der Waals surface area contributed by atoms with E-state index < -0.39 is 0 Å². The third kappa shape index (κ3) is 3.66. The SMILES string of the molecule is O=C(Cc1ccncc1)NCc1cc2n(n1)CCCNC2. The van der Waals surface area contributed by atoms with Crippen molar-refractivity contribution < 1.29 is 4.79 Å². The van der Waals surface area contributed by atoms with Crippen molar-refractivity contribution >= 4 is 5.91 Å². The smallest absolute Gasteiger partial charge is 0.224 e. The zero-order valence-electron chi connectivity index (χ0n) is 11.9. The van der Waals surface area contributed by atoms with Crippen LogP contribution in [0.25, 0.3) is 0 Å². The predicted octanol–water partition coefficient (Wildman–Crippen LogP) is 0.630. The number of rotatable bonds is 4. The fraction of sp³-hybridized carbons (Fsp3) is 0.400. The van der Waals surface area contributed by atoms with Crippen LogP contribution in [0.2, 0.25) is 0 Å². The Hall–Kier alpha value is -2.21. The van der Waals surface area contributed by atoms with Crippen molar-refractivity contribution in [2.75, 3.05) is 6.54 Å². The second-order valence-electron chi connectivity index (χ2n) is 5.19. The number of nitrogens with one attached hydrogen (secondary N) is 2. The fourth-order valence-electron chi connectivity index (χ4n) is 2.45. The van der Waals surface area contributed by atoms with Gasteiger partial charge in [0.1, 0.15) is 0 Å². The van der Waals surface area contributed by atoms with Crippen LogP contribution in [0.5, 0.6) is 0 Å². The Labute approximate surface area is 123 Å². The molecule has 3 rings (SSSR count). The minimum Gasteiger partial charge on any atom is -0.350 e.